The zero-order valence-electron chi connectivity index (χ0n) is 9.69. The van der Waals surface area contributed by atoms with Crippen molar-refractivity contribution >= 4 is 11.6 Å². The lowest BCUT2D eigenvalue weighted by Crippen LogP contribution is -2.26. The normalized spacial score (nSPS) is 9.94. The molecule has 1 aromatic carbocycles. The number of aliphatic hydroxyl groups excluding tert-OH is 1. The first kappa shape index (κ1) is 13.3. The van der Waals surface area contributed by atoms with Crippen molar-refractivity contribution in [2.24, 2.45) is 0 Å². The van der Waals surface area contributed by atoms with Crippen LogP contribution >= 0.6 is 0 Å². The van der Waals surface area contributed by atoms with Crippen molar-refractivity contribution in [1.82, 2.24) is 5.32 Å². The van der Waals surface area contributed by atoms with Crippen molar-refractivity contribution in [3.8, 4) is 5.75 Å². The molecule has 0 radical (unpaired) electrons. The van der Waals surface area contributed by atoms with Gasteiger partial charge in [-0.05, 0) is 30.7 Å². The van der Waals surface area contributed by atoms with Crippen molar-refractivity contribution in [2.45, 2.75) is 12.8 Å². The number of carbonyl (C=O) groups is 1. The molecule has 0 saturated heterocycles. The number of hydrogen-bond donors (Lipinski definition) is 3. The monoisotopic (exact) mass is 238 g/mol. The van der Waals surface area contributed by atoms with Gasteiger partial charge in [0.25, 0.3) is 0 Å². The van der Waals surface area contributed by atoms with Crippen LogP contribution < -0.4 is 15.8 Å². The summed E-state index contributed by atoms with van der Waals surface area (Å²) in [5.74, 6) is 0.622. The molecule has 94 valence electrons. The van der Waals surface area contributed by atoms with Crippen molar-refractivity contribution in [3.63, 3.8) is 0 Å². The SMILES string of the molecule is Nc1ccc(OCCC(=O)NCCCO)cc1. The van der Waals surface area contributed by atoms with E-state index in [2.05, 4.69) is 5.32 Å². The second kappa shape index (κ2) is 7.51. The Bertz CT molecular complexity index is 338. The molecule has 0 atom stereocenters. The smallest absolute Gasteiger partial charge is 0.223 e. The summed E-state index contributed by atoms with van der Waals surface area (Å²) < 4.78 is 5.37. The Balaban J connectivity index is 2.14. The summed E-state index contributed by atoms with van der Waals surface area (Å²) in [7, 11) is 0. The Morgan fingerprint density at radius 2 is 2.06 bits per heavy atom. The Kier molecular flexibility index (Phi) is 5.88. The van der Waals surface area contributed by atoms with E-state index >= 15 is 0 Å². The van der Waals surface area contributed by atoms with Gasteiger partial charge in [-0.15, -0.1) is 0 Å². The van der Waals surface area contributed by atoms with E-state index in [4.69, 9.17) is 15.6 Å². The summed E-state index contributed by atoms with van der Waals surface area (Å²) >= 11 is 0. The van der Waals surface area contributed by atoms with E-state index in [0.717, 1.165) is 0 Å². The highest BCUT2D eigenvalue weighted by Crippen LogP contribution is 2.12. The highest BCUT2D eigenvalue weighted by molar-refractivity contribution is 5.75. The van der Waals surface area contributed by atoms with Crippen molar-refractivity contribution < 1.29 is 14.6 Å². The molecule has 0 bridgehead atoms. The van der Waals surface area contributed by atoms with Crippen LogP contribution in [0, 0.1) is 0 Å². The lowest BCUT2D eigenvalue weighted by atomic mass is 10.3. The van der Waals surface area contributed by atoms with Gasteiger partial charge in [0.2, 0.25) is 5.91 Å². The molecule has 17 heavy (non-hydrogen) atoms. The molecular formula is C12H18N2O3. The number of nitrogens with two attached hydrogens (primary N) is 1. The molecule has 5 nitrogen and oxygen atoms in total. The van der Waals surface area contributed by atoms with Crippen LogP contribution in [-0.4, -0.2) is 30.8 Å². The van der Waals surface area contributed by atoms with Crippen LogP contribution in [0.1, 0.15) is 12.8 Å². The lowest BCUT2D eigenvalue weighted by molar-refractivity contribution is -0.121. The molecule has 1 amide bonds. The molecule has 0 aliphatic carbocycles. The number of hydrogen-bond acceptors (Lipinski definition) is 4. The highest BCUT2D eigenvalue weighted by Gasteiger charge is 2.01. The second-order valence-electron chi connectivity index (χ2n) is 3.59. The van der Waals surface area contributed by atoms with Gasteiger partial charge < -0.3 is 20.9 Å². The number of aliphatic hydroxyl groups is 1. The molecule has 0 heterocycles. The van der Waals surface area contributed by atoms with Gasteiger partial charge >= 0.3 is 0 Å². The predicted molar refractivity (Wildman–Crippen MR) is 65.7 cm³/mol. The molecule has 1 rings (SSSR count). The molecular weight excluding hydrogens is 220 g/mol. The molecule has 0 aliphatic heterocycles. The van der Waals surface area contributed by atoms with Crippen molar-refractivity contribution in [2.75, 3.05) is 25.5 Å². The van der Waals surface area contributed by atoms with E-state index in [0.29, 0.717) is 37.4 Å². The maximum atomic E-state index is 11.3. The van der Waals surface area contributed by atoms with Gasteiger partial charge in [-0.3, -0.25) is 4.79 Å². The lowest BCUT2D eigenvalue weighted by Gasteiger charge is -2.07. The fourth-order valence-electron chi connectivity index (χ4n) is 1.22. The third-order valence-corrected chi connectivity index (χ3v) is 2.14. The Morgan fingerprint density at radius 1 is 1.35 bits per heavy atom. The summed E-state index contributed by atoms with van der Waals surface area (Å²) in [5, 5.41) is 11.2. The maximum absolute atomic E-state index is 11.3. The fourth-order valence-corrected chi connectivity index (χ4v) is 1.22. The van der Waals surface area contributed by atoms with Gasteiger partial charge in [-0.25, -0.2) is 0 Å². The Labute approximate surface area is 101 Å². The van der Waals surface area contributed by atoms with Gasteiger partial charge in [0.15, 0.2) is 0 Å². The highest BCUT2D eigenvalue weighted by atomic mass is 16.5. The predicted octanol–water partition coefficient (Wildman–Crippen LogP) is 0.536. The Morgan fingerprint density at radius 3 is 2.71 bits per heavy atom. The van der Waals surface area contributed by atoms with E-state index in [9.17, 15) is 4.79 Å². The topological polar surface area (TPSA) is 84.6 Å². The van der Waals surface area contributed by atoms with Crippen molar-refractivity contribution in [3.05, 3.63) is 24.3 Å². The third kappa shape index (κ3) is 5.77. The third-order valence-electron chi connectivity index (χ3n) is 2.14. The number of ether oxygens (including phenoxy) is 1. The minimum Gasteiger partial charge on any atom is -0.493 e. The standard InChI is InChI=1S/C12H18N2O3/c13-10-2-4-11(5-3-10)17-9-6-12(16)14-7-1-8-15/h2-5,15H,1,6-9,13H2,(H,14,16). The number of rotatable bonds is 7. The van der Waals surface area contributed by atoms with Gasteiger partial charge in [0, 0.05) is 18.8 Å². The molecule has 0 unspecified atom stereocenters. The molecule has 4 N–H and O–H groups in total. The summed E-state index contributed by atoms with van der Waals surface area (Å²) in [5.41, 5.74) is 6.21. The average Bonchev–Trinajstić information content (AvgIpc) is 2.32. The fraction of sp³-hybridized carbons (Fsp3) is 0.417. The first-order valence-electron chi connectivity index (χ1n) is 5.58. The molecule has 5 heteroatoms. The van der Waals surface area contributed by atoms with Gasteiger partial charge in [-0.1, -0.05) is 0 Å². The maximum Gasteiger partial charge on any atom is 0.223 e. The average molecular weight is 238 g/mol. The van der Waals surface area contributed by atoms with Crippen LogP contribution in [0.2, 0.25) is 0 Å². The largest absolute Gasteiger partial charge is 0.493 e. The van der Waals surface area contributed by atoms with Gasteiger partial charge in [0.05, 0.1) is 13.0 Å². The summed E-state index contributed by atoms with van der Waals surface area (Å²) in [6.07, 6.45) is 0.875. The van der Waals surface area contributed by atoms with E-state index in [1.165, 1.54) is 0 Å². The summed E-state index contributed by atoms with van der Waals surface area (Å²) in [6, 6.07) is 7.02. The van der Waals surface area contributed by atoms with Crippen LogP contribution in [0.3, 0.4) is 0 Å². The zero-order chi connectivity index (χ0) is 12.5. The molecule has 0 aliphatic rings. The van der Waals surface area contributed by atoms with Gasteiger partial charge in [-0.2, -0.15) is 0 Å². The molecule has 0 saturated carbocycles. The molecule has 0 aromatic heterocycles. The summed E-state index contributed by atoms with van der Waals surface area (Å²) in [4.78, 5) is 11.3. The Hall–Kier alpha value is -1.75. The number of carbonyl (C=O) groups excluding carboxylic acids is 1. The van der Waals surface area contributed by atoms with Crippen LogP contribution in [0.5, 0.6) is 5.75 Å². The molecule has 0 spiro atoms. The molecule has 0 fully saturated rings. The van der Waals surface area contributed by atoms with Crippen LogP contribution in [0.15, 0.2) is 24.3 Å². The number of nitrogens with one attached hydrogen (secondary N) is 1. The van der Waals surface area contributed by atoms with Crippen LogP contribution in [0.25, 0.3) is 0 Å². The molecule has 1 aromatic rings. The summed E-state index contributed by atoms with van der Waals surface area (Å²) in [6.45, 7) is 0.911. The van der Waals surface area contributed by atoms with E-state index < -0.39 is 0 Å². The quantitative estimate of drug-likeness (QED) is 0.478. The zero-order valence-corrected chi connectivity index (χ0v) is 9.69. The first-order valence-corrected chi connectivity index (χ1v) is 5.58. The number of anilines is 1. The number of benzene rings is 1. The van der Waals surface area contributed by atoms with E-state index in [-0.39, 0.29) is 12.5 Å². The minimum absolute atomic E-state index is 0.0751. The number of amides is 1. The van der Waals surface area contributed by atoms with E-state index in [1.807, 2.05) is 0 Å². The second-order valence-corrected chi connectivity index (χ2v) is 3.59. The van der Waals surface area contributed by atoms with E-state index in [1.54, 1.807) is 24.3 Å². The van der Waals surface area contributed by atoms with Crippen LogP contribution in [-0.2, 0) is 4.79 Å². The van der Waals surface area contributed by atoms with Crippen molar-refractivity contribution in [1.29, 1.82) is 0 Å². The first-order chi connectivity index (χ1) is 8.22. The van der Waals surface area contributed by atoms with Gasteiger partial charge in [0.1, 0.15) is 5.75 Å². The number of nitrogen functional groups attached to an aromatic ring is 1. The minimum atomic E-state index is -0.0751. The van der Waals surface area contributed by atoms with Crippen LogP contribution in [0.4, 0.5) is 5.69 Å².